The lowest BCUT2D eigenvalue weighted by Gasteiger charge is -2.26. The van der Waals surface area contributed by atoms with Crippen molar-refractivity contribution in [3.05, 3.63) is 103 Å². The Labute approximate surface area is 208 Å². The molecule has 0 saturated heterocycles. The van der Waals surface area contributed by atoms with Crippen LogP contribution in [0.4, 0.5) is 4.39 Å². The molecule has 0 radical (unpaired) electrons. The number of carbonyl (C=O) groups excluding carboxylic acids is 1. The standard InChI is InChI=1S/C28H24FN3O3.CH4/c1-18(31-27(34)17-33)28(21-7-6-19-4-2-3-5-20(19)14-21)35-25-12-13-26-22(15-25)16-30-32(26)24-10-8-23(29)9-11-24;/h2-16,18,28,33H,17H2,1H3,(H,31,34);1H4/t18-,28-;/m0./s1. The zero-order valence-electron chi connectivity index (χ0n) is 19.1. The molecule has 1 heterocycles. The van der Waals surface area contributed by atoms with E-state index >= 15 is 0 Å². The highest BCUT2D eigenvalue weighted by atomic mass is 19.1. The van der Waals surface area contributed by atoms with E-state index in [1.165, 1.54) is 12.1 Å². The Hall–Kier alpha value is -4.23. The van der Waals surface area contributed by atoms with Crippen molar-refractivity contribution < 1.29 is 19.0 Å². The molecule has 7 heteroatoms. The zero-order valence-corrected chi connectivity index (χ0v) is 19.1. The van der Waals surface area contributed by atoms with E-state index in [1.807, 2.05) is 67.6 Å². The second kappa shape index (κ2) is 10.6. The Kier molecular flexibility index (Phi) is 7.31. The third-order valence-corrected chi connectivity index (χ3v) is 5.96. The maximum Gasteiger partial charge on any atom is 0.246 e. The number of benzene rings is 4. The van der Waals surface area contributed by atoms with E-state index in [0.29, 0.717) is 5.75 Å². The number of aliphatic hydroxyl groups excluding tert-OH is 1. The van der Waals surface area contributed by atoms with Gasteiger partial charge in [-0.15, -0.1) is 0 Å². The summed E-state index contributed by atoms with van der Waals surface area (Å²) in [6.45, 7) is 1.25. The molecule has 1 aromatic heterocycles. The minimum absolute atomic E-state index is 0. The summed E-state index contributed by atoms with van der Waals surface area (Å²) in [4.78, 5) is 11.9. The number of ether oxygens (including phenoxy) is 1. The number of hydrogen-bond acceptors (Lipinski definition) is 4. The van der Waals surface area contributed by atoms with Crippen molar-refractivity contribution in [2.24, 2.45) is 0 Å². The maximum absolute atomic E-state index is 13.3. The van der Waals surface area contributed by atoms with E-state index in [-0.39, 0.29) is 13.2 Å². The van der Waals surface area contributed by atoms with Crippen LogP contribution >= 0.6 is 0 Å². The molecule has 6 nitrogen and oxygen atoms in total. The number of amides is 1. The monoisotopic (exact) mass is 485 g/mol. The predicted molar refractivity (Wildman–Crippen MR) is 140 cm³/mol. The van der Waals surface area contributed by atoms with E-state index < -0.39 is 24.7 Å². The molecular formula is C29H28FN3O3. The molecule has 0 unspecified atom stereocenters. The first kappa shape index (κ1) is 24.9. The van der Waals surface area contributed by atoms with Gasteiger partial charge in [0.15, 0.2) is 0 Å². The third kappa shape index (κ3) is 5.06. The summed E-state index contributed by atoms with van der Waals surface area (Å²) in [5, 5.41) is 19.5. The Morgan fingerprint density at radius 1 is 1.00 bits per heavy atom. The largest absolute Gasteiger partial charge is 0.484 e. The highest BCUT2D eigenvalue weighted by Crippen LogP contribution is 2.30. The number of rotatable bonds is 7. The molecule has 1 amide bonds. The quantitative estimate of drug-likeness (QED) is 0.316. The molecule has 2 N–H and O–H groups in total. The fourth-order valence-corrected chi connectivity index (χ4v) is 4.24. The van der Waals surface area contributed by atoms with Gasteiger partial charge >= 0.3 is 0 Å². The van der Waals surface area contributed by atoms with Gasteiger partial charge in [0, 0.05) is 5.39 Å². The highest BCUT2D eigenvalue weighted by Gasteiger charge is 2.24. The van der Waals surface area contributed by atoms with E-state index in [1.54, 1.807) is 23.0 Å². The number of hydrogen-bond donors (Lipinski definition) is 2. The molecule has 0 saturated carbocycles. The predicted octanol–water partition coefficient (Wildman–Crippen LogP) is 5.57. The number of aliphatic hydroxyl groups is 1. The summed E-state index contributed by atoms with van der Waals surface area (Å²) in [5.74, 6) is -0.162. The van der Waals surface area contributed by atoms with Gasteiger partial charge in [0.1, 0.15) is 24.3 Å². The second-order valence-corrected chi connectivity index (χ2v) is 8.41. The average molecular weight is 486 g/mol. The van der Waals surface area contributed by atoms with Crippen LogP contribution in [0, 0.1) is 5.82 Å². The molecule has 0 bridgehead atoms. The van der Waals surface area contributed by atoms with Crippen LogP contribution in [0.25, 0.3) is 27.4 Å². The zero-order chi connectivity index (χ0) is 24.4. The lowest BCUT2D eigenvalue weighted by Crippen LogP contribution is -2.40. The van der Waals surface area contributed by atoms with Crippen LogP contribution in [0.1, 0.15) is 26.0 Å². The Morgan fingerprint density at radius 3 is 2.50 bits per heavy atom. The molecule has 0 fully saturated rings. The lowest BCUT2D eigenvalue weighted by molar-refractivity contribution is -0.125. The van der Waals surface area contributed by atoms with Gasteiger partial charge in [0.2, 0.25) is 5.91 Å². The molecule has 0 aliphatic rings. The molecule has 36 heavy (non-hydrogen) atoms. The molecular weight excluding hydrogens is 457 g/mol. The molecule has 0 aliphatic carbocycles. The van der Waals surface area contributed by atoms with Crippen LogP contribution in [0.15, 0.2) is 91.1 Å². The van der Waals surface area contributed by atoms with E-state index in [0.717, 1.165) is 32.9 Å². The summed E-state index contributed by atoms with van der Waals surface area (Å²) >= 11 is 0. The van der Waals surface area contributed by atoms with Crippen LogP contribution in [0.5, 0.6) is 5.75 Å². The minimum Gasteiger partial charge on any atom is -0.484 e. The molecule has 2 atom stereocenters. The smallest absolute Gasteiger partial charge is 0.246 e. The summed E-state index contributed by atoms with van der Waals surface area (Å²) in [6.07, 6.45) is 1.23. The number of nitrogens with one attached hydrogen (secondary N) is 1. The van der Waals surface area contributed by atoms with Crippen LogP contribution < -0.4 is 10.1 Å². The highest BCUT2D eigenvalue weighted by molar-refractivity contribution is 5.84. The SMILES string of the molecule is C.C[C@H](NC(=O)CO)[C@H](Oc1ccc2c(cnn2-c2ccc(F)cc2)c1)c1ccc2ccccc2c1. The van der Waals surface area contributed by atoms with Crippen molar-refractivity contribution >= 4 is 27.6 Å². The van der Waals surface area contributed by atoms with Crippen molar-refractivity contribution in [2.45, 2.75) is 26.5 Å². The van der Waals surface area contributed by atoms with Crippen molar-refractivity contribution in [3.63, 3.8) is 0 Å². The number of aromatic nitrogens is 2. The van der Waals surface area contributed by atoms with Crippen molar-refractivity contribution in [3.8, 4) is 11.4 Å². The van der Waals surface area contributed by atoms with Crippen molar-refractivity contribution in [1.82, 2.24) is 15.1 Å². The van der Waals surface area contributed by atoms with E-state index in [4.69, 9.17) is 4.74 Å². The first-order valence-corrected chi connectivity index (χ1v) is 11.3. The summed E-state index contributed by atoms with van der Waals surface area (Å²) in [7, 11) is 0. The summed E-state index contributed by atoms with van der Waals surface area (Å²) in [6, 6.07) is 25.5. The van der Waals surface area contributed by atoms with E-state index in [9.17, 15) is 14.3 Å². The molecule has 5 aromatic rings. The summed E-state index contributed by atoms with van der Waals surface area (Å²) < 4.78 is 21.5. The van der Waals surface area contributed by atoms with Gasteiger partial charge in [-0.05, 0) is 71.8 Å². The molecule has 4 aromatic carbocycles. The lowest BCUT2D eigenvalue weighted by atomic mass is 9.99. The molecule has 5 rings (SSSR count). The maximum atomic E-state index is 13.3. The minimum atomic E-state index is -0.594. The van der Waals surface area contributed by atoms with Crippen LogP contribution in [0.2, 0.25) is 0 Å². The van der Waals surface area contributed by atoms with Gasteiger partial charge in [-0.1, -0.05) is 43.8 Å². The molecule has 184 valence electrons. The second-order valence-electron chi connectivity index (χ2n) is 8.41. The van der Waals surface area contributed by atoms with E-state index in [2.05, 4.69) is 10.4 Å². The molecule has 0 aliphatic heterocycles. The number of fused-ring (bicyclic) bond motifs is 2. The average Bonchev–Trinajstić information content (AvgIpc) is 3.30. The number of halogens is 1. The fraction of sp³-hybridized carbons (Fsp3) is 0.172. The fourth-order valence-electron chi connectivity index (χ4n) is 4.24. The third-order valence-electron chi connectivity index (χ3n) is 5.96. The number of nitrogens with zero attached hydrogens (tertiary/aromatic N) is 2. The Bertz CT molecular complexity index is 1500. The van der Waals surface area contributed by atoms with Gasteiger partial charge in [0.25, 0.3) is 0 Å². The van der Waals surface area contributed by atoms with Crippen molar-refractivity contribution in [2.75, 3.05) is 6.61 Å². The van der Waals surface area contributed by atoms with Gasteiger partial charge in [0.05, 0.1) is 23.4 Å². The Balaban J connectivity index is 0.00000304. The molecule has 0 spiro atoms. The van der Waals surface area contributed by atoms with Gasteiger partial charge < -0.3 is 15.2 Å². The van der Waals surface area contributed by atoms with Gasteiger partial charge in [-0.3, -0.25) is 4.79 Å². The van der Waals surface area contributed by atoms with Crippen LogP contribution in [-0.4, -0.2) is 33.4 Å². The van der Waals surface area contributed by atoms with Crippen LogP contribution in [0.3, 0.4) is 0 Å². The van der Waals surface area contributed by atoms with Gasteiger partial charge in [-0.25, -0.2) is 9.07 Å². The first-order chi connectivity index (χ1) is 17.0. The Morgan fingerprint density at radius 2 is 1.75 bits per heavy atom. The normalized spacial score (nSPS) is 12.6. The van der Waals surface area contributed by atoms with Crippen molar-refractivity contribution in [1.29, 1.82) is 0 Å². The topological polar surface area (TPSA) is 76.4 Å². The first-order valence-electron chi connectivity index (χ1n) is 11.3. The van der Waals surface area contributed by atoms with Gasteiger partial charge in [-0.2, -0.15) is 5.10 Å². The van der Waals surface area contributed by atoms with Crippen LogP contribution in [-0.2, 0) is 4.79 Å². The number of carbonyl (C=O) groups is 1. The summed E-state index contributed by atoms with van der Waals surface area (Å²) in [5.41, 5.74) is 2.51.